The number of carbonyl (C=O) groups excluding carboxylic acids is 1. The number of ether oxygens (including phenoxy) is 1. The predicted octanol–water partition coefficient (Wildman–Crippen LogP) is 4.48. The van der Waals surface area contributed by atoms with Crippen LogP contribution in [-0.4, -0.2) is 23.7 Å². The summed E-state index contributed by atoms with van der Waals surface area (Å²) in [6.07, 6.45) is 0. The average Bonchev–Trinajstić information content (AvgIpc) is 2.50. The van der Waals surface area contributed by atoms with Crippen LogP contribution < -0.4 is 0 Å². The van der Waals surface area contributed by atoms with Crippen molar-refractivity contribution in [3.05, 3.63) is 58.1 Å². The van der Waals surface area contributed by atoms with E-state index in [-0.39, 0.29) is 11.5 Å². The number of carboxylic acid groups (broad SMARTS) is 1. The van der Waals surface area contributed by atoms with Crippen LogP contribution in [-0.2, 0) is 4.74 Å². The SMILES string of the molecule is CCOC(=O)c1ccc(Sc2ccc(Br)cc2C(=O)O)cc1. The average molecular weight is 381 g/mol. The molecule has 0 saturated carbocycles. The molecule has 114 valence electrons. The second-order valence-corrected chi connectivity index (χ2v) is 6.32. The topological polar surface area (TPSA) is 63.6 Å². The fourth-order valence-corrected chi connectivity index (χ4v) is 3.04. The maximum Gasteiger partial charge on any atom is 0.338 e. The van der Waals surface area contributed by atoms with Gasteiger partial charge in [0.2, 0.25) is 0 Å². The van der Waals surface area contributed by atoms with Gasteiger partial charge in [-0.3, -0.25) is 0 Å². The van der Waals surface area contributed by atoms with Crippen molar-refractivity contribution in [2.75, 3.05) is 6.61 Å². The molecule has 0 saturated heterocycles. The van der Waals surface area contributed by atoms with Crippen molar-refractivity contribution in [3.8, 4) is 0 Å². The Morgan fingerprint density at radius 2 is 1.86 bits per heavy atom. The van der Waals surface area contributed by atoms with Crippen LogP contribution in [0.15, 0.2) is 56.7 Å². The standard InChI is InChI=1S/C16H13BrO4S/c1-2-21-16(20)10-3-6-12(7-4-10)22-14-8-5-11(17)9-13(14)15(18)19/h3-9H,2H2,1H3,(H,18,19). The van der Waals surface area contributed by atoms with Gasteiger partial charge in [0.15, 0.2) is 0 Å². The van der Waals surface area contributed by atoms with E-state index in [4.69, 9.17) is 4.74 Å². The summed E-state index contributed by atoms with van der Waals surface area (Å²) >= 11 is 4.60. The third-order valence-corrected chi connectivity index (χ3v) is 4.34. The van der Waals surface area contributed by atoms with E-state index in [0.29, 0.717) is 21.5 Å². The van der Waals surface area contributed by atoms with Crippen LogP contribution in [0.5, 0.6) is 0 Å². The summed E-state index contributed by atoms with van der Waals surface area (Å²) in [5, 5.41) is 9.25. The van der Waals surface area contributed by atoms with Crippen LogP contribution in [0, 0.1) is 0 Å². The first kappa shape index (κ1) is 16.6. The first-order valence-electron chi connectivity index (χ1n) is 6.49. The second-order valence-electron chi connectivity index (χ2n) is 4.29. The smallest absolute Gasteiger partial charge is 0.338 e. The molecule has 0 aromatic heterocycles. The maximum absolute atomic E-state index is 11.6. The Balaban J connectivity index is 2.21. The van der Waals surface area contributed by atoms with Gasteiger partial charge in [0.1, 0.15) is 0 Å². The Hall–Kier alpha value is -1.79. The molecule has 0 unspecified atom stereocenters. The van der Waals surface area contributed by atoms with E-state index in [0.717, 1.165) is 4.90 Å². The third-order valence-electron chi connectivity index (χ3n) is 2.77. The minimum absolute atomic E-state index is 0.230. The van der Waals surface area contributed by atoms with Crippen molar-refractivity contribution in [1.82, 2.24) is 0 Å². The highest BCUT2D eigenvalue weighted by Crippen LogP contribution is 2.32. The van der Waals surface area contributed by atoms with Gasteiger partial charge < -0.3 is 9.84 Å². The second kappa shape index (κ2) is 7.47. The van der Waals surface area contributed by atoms with Gasteiger partial charge in [0, 0.05) is 14.3 Å². The highest BCUT2D eigenvalue weighted by molar-refractivity contribution is 9.10. The normalized spacial score (nSPS) is 10.3. The van der Waals surface area contributed by atoms with Crippen LogP contribution in [0.2, 0.25) is 0 Å². The third kappa shape index (κ3) is 4.11. The largest absolute Gasteiger partial charge is 0.478 e. The number of hydrogen-bond donors (Lipinski definition) is 1. The fourth-order valence-electron chi connectivity index (χ4n) is 1.76. The van der Waals surface area contributed by atoms with Gasteiger partial charge in [-0.15, -0.1) is 0 Å². The van der Waals surface area contributed by atoms with Crippen molar-refractivity contribution in [2.24, 2.45) is 0 Å². The van der Waals surface area contributed by atoms with Gasteiger partial charge >= 0.3 is 11.9 Å². The first-order chi connectivity index (χ1) is 10.5. The monoisotopic (exact) mass is 380 g/mol. The molecular formula is C16H13BrO4S. The summed E-state index contributed by atoms with van der Waals surface area (Å²) in [6, 6.07) is 12.0. The zero-order valence-electron chi connectivity index (χ0n) is 11.7. The van der Waals surface area contributed by atoms with E-state index in [2.05, 4.69) is 15.9 Å². The molecule has 2 aromatic carbocycles. The molecular weight excluding hydrogens is 368 g/mol. The molecule has 0 heterocycles. The van der Waals surface area contributed by atoms with E-state index in [1.165, 1.54) is 11.8 Å². The van der Waals surface area contributed by atoms with Crippen LogP contribution >= 0.6 is 27.7 Å². The molecule has 0 spiro atoms. The summed E-state index contributed by atoms with van der Waals surface area (Å²) in [5.41, 5.74) is 0.703. The summed E-state index contributed by atoms with van der Waals surface area (Å²) < 4.78 is 5.64. The maximum atomic E-state index is 11.6. The van der Waals surface area contributed by atoms with Gasteiger partial charge in [0.25, 0.3) is 0 Å². The Kier molecular flexibility index (Phi) is 5.63. The Bertz CT molecular complexity index is 698. The molecule has 0 fully saturated rings. The number of carbonyl (C=O) groups is 2. The Morgan fingerprint density at radius 1 is 1.18 bits per heavy atom. The molecule has 0 aliphatic carbocycles. The predicted molar refractivity (Wildman–Crippen MR) is 87.6 cm³/mol. The van der Waals surface area contributed by atoms with E-state index in [1.54, 1.807) is 49.4 Å². The molecule has 2 rings (SSSR count). The zero-order chi connectivity index (χ0) is 16.1. The van der Waals surface area contributed by atoms with E-state index < -0.39 is 5.97 Å². The van der Waals surface area contributed by atoms with Gasteiger partial charge in [-0.25, -0.2) is 9.59 Å². The Morgan fingerprint density at radius 3 is 2.45 bits per heavy atom. The summed E-state index contributed by atoms with van der Waals surface area (Å²) in [5.74, 6) is -1.35. The van der Waals surface area contributed by atoms with Crippen LogP contribution in [0.3, 0.4) is 0 Å². The lowest BCUT2D eigenvalue weighted by Crippen LogP contribution is -2.04. The van der Waals surface area contributed by atoms with Gasteiger partial charge in [0.05, 0.1) is 17.7 Å². The lowest BCUT2D eigenvalue weighted by molar-refractivity contribution is 0.0525. The molecule has 0 bridgehead atoms. The van der Waals surface area contributed by atoms with Crippen molar-refractivity contribution in [2.45, 2.75) is 16.7 Å². The zero-order valence-corrected chi connectivity index (χ0v) is 14.1. The number of hydrogen-bond acceptors (Lipinski definition) is 4. The van der Waals surface area contributed by atoms with Crippen molar-refractivity contribution >= 4 is 39.6 Å². The fraction of sp³-hybridized carbons (Fsp3) is 0.125. The molecule has 0 radical (unpaired) electrons. The molecule has 0 amide bonds. The quantitative estimate of drug-likeness (QED) is 0.774. The summed E-state index contributed by atoms with van der Waals surface area (Å²) in [4.78, 5) is 24.4. The summed E-state index contributed by atoms with van der Waals surface area (Å²) in [7, 11) is 0. The van der Waals surface area contributed by atoms with Gasteiger partial charge in [-0.1, -0.05) is 27.7 Å². The Labute approximate surface area is 140 Å². The molecule has 1 N–H and O–H groups in total. The minimum atomic E-state index is -0.980. The van der Waals surface area contributed by atoms with Crippen LogP contribution in [0.1, 0.15) is 27.6 Å². The molecule has 4 nitrogen and oxygen atoms in total. The van der Waals surface area contributed by atoms with Crippen molar-refractivity contribution < 1.29 is 19.4 Å². The van der Waals surface area contributed by atoms with Crippen LogP contribution in [0.25, 0.3) is 0 Å². The number of rotatable bonds is 5. The highest BCUT2D eigenvalue weighted by Gasteiger charge is 2.12. The molecule has 22 heavy (non-hydrogen) atoms. The number of benzene rings is 2. The van der Waals surface area contributed by atoms with Crippen molar-refractivity contribution in [1.29, 1.82) is 0 Å². The van der Waals surface area contributed by atoms with E-state index in [9.17, 15) is 14.7 Å². The molecule has 0 aliphatic rings. The van der Waals surface area contributed by atoms with E-state index >= 15 is 0 Å². The summed E-state index contributed by atoms with van der Waals surface area (Å²) in [6.45, 7) is 2.08. The highest BCUT2D eigenvalue weighted by atomic mass is 79.9. The number of aromatic carboxylic acids is 1. The number of carboxylic acids is 1. The van der Waals surface area contributed by atoms with Gasteiger partial charge in [-0.2, -0.15) is 0 Å². The minimum Gasteiger partial charge on any atom is -0.478 e. The van der Waals surface area contributed by atoms with Gasteiger partial charge in [-0.05, 0) is 49.4 Å². The number of esters is 1. The molecule has 2 aromatic rings. The van der Waals surface area contributed by atoms with E-state index in [1.807, 2.05) is 0 Å². The van der Waals surface area contributed by atoms with Crippen molar-refractivity contribution in [3.63, 3.8) is 0 Å². The number of halogens is 1. The molecule has 0 atom stereocenters. The molecule has 0 aliphatic heterocycles. The first-order valence-corrected chi connectivity index (χ1v) is 8.10. The lowest BCUT2D eigenvalue weighted by atomic mass is 10.2. The molecule has 6 heteroatoms. The lowest BCUT2D eigenvalue weighted by Gasteiger charge is -2.07. The van der Waals surface area contributed by atoms with Crippen LogP contribution in [0.4, 0.5) is 0 Å².